The van der Waals surface area contributed by atoms with Crippen LogP contribution in [0.4, 0.5) is 0 Å². The minimum atomic E-state index is 0.358. The molecule has 1 aliphatic carbocycles. The standard InChI is InChI=1S/C17H28N4O/c1-3-16-18-8-11-21(16)12-13(2)19-15-6-9-20(10-7-15)17(22)14-4-5-14/h8,11,13-15,19H,3-7,9-10,12H2,1-2H3/t13-/m0/s1. The van der Waals surface area contributed by atoms with Gasteiger partial charge in [-0.3, -0.25) is 4.79 Å². The Kier molecular flexibility index (Phi) is 4.81. The summed E-state index contributed by atoms with van der Waals surface area (Å²) >= 11 is 0. The van der Waals surface area contributed by atoms with Crippen molar-refractivity contribution in [2.75, 3.05) is 13.1 Å². The molecule has 1 aromatic rings. The van der Waals surface area contributed by atoms with Crippen LogP contribution in [0.2, 0.25) is 0 Å². The van der Waals surface area contributed by atoms with E-state index in [4.69, 9.17) is 0 Å². The number of nitrogens with zero attached hydrogens (tertiary/aromatic N) is 3. The quantitative estimate of drug-likeness (QED) is 0.872. The lowest BCUT2D eigenvalue weighted by Crippen LogP contribution is -2.48. The molecule has 2 aliphatic rings. The first-order chi connectivity index (χ1) is 10.7. The molecule has 1 atom stereocenters. The second-order valence-electron chi connectivity index (χ2n) is 6.79. The van der Waals surface area contributed by atoms with Crippen molar-refractivity contribution in [2.45, 2.75) is 64.6 Å². The molecule has 3 rings (SSSR count). The molecule has 5 heteroatoms. The molecule has 122 valence electrons. The number of imidazole rings is 1. The molecule has 1 amide bonds. The fourth-order valence-corrected chi connectivity index (χ4v) is 3.43. The van der Waals surface area contributed by atoms with Gasteiger partial charge >= 0.3 is 0 Å². The molecule has 0 unspecified atom stereocenters. The summed E-state index contributed by atoms with van der Waals surface area (Å²) in [6.45, 7) is 7.19. The second kappa shape index (κ2) is 6.82. The monoisotopic (exact) mass is 304 g/mol. The van der Waals surface area contributed by atoms with E-state index in [0.717, 1.165) is 57.6 Å². The Bertz CT molecular complexity index is 501. The van der Waals surface area contributed by atoms with Crippen LogP contribution < -0.4 is 5.32 Å². The van der Waals surface area contributed by atoms with Gasteiger partial charge in [0.05, 0.1) is 0 Å². The summed E-state index contributed by atoms with van der Waals surface area (Å²) in [4.78, 5) is 18.5. The van der Waals surface area contributed by atoms with Crippen LogP contribution in [0.3, 0.4) is 0 Å². The Labute approximate surface area is 133 Å². The summed E-state index contributed by atoms with van der Waals surface area (Å²) in [5.41, 5.74) is 0. The first-order valence-electron chi connectivity index (χ1n) is 8.72. The van der Waals surface area contributed by atoms with Crippen molar-refractivity contribution in [2.24, 2.45) is 5.92 Å². The van der Waals surface area contributed by atoms with Gasteiger partial charge in [0.25, 0.3) is 0 Å². The summed E-state index contributed by atoms with van der Waals surface area (Å²) in [6, 6.07) is 0.960. The molecule has 0 radical (unpaired) electrons. The van der Waals surface area contributed by atoms with Crippen LogP contribution in [-0.2, 0) is 17.8 Å². The number of aromatic nitrogens is 2. The summed E-state index contributed by atoms with van der Waals surface area (Å²) in [5, 5.41) is 3.73. The average Bonchev–Trinajstić information content (AvgIpc) is 3.28. The van der Waals surface area contributed by atoms with E-state index in [1.807, 2.05) is 6.20 Å². The zero-order valence-corrected chi connectivity index (χ0v) is 13.8. The SMILES string of the molecule is CCc1nccn1C[C@H](C)NC1CCN(C(=O)C2CC2)CC1. The number of nitrogens with one attached hydrogen (secondary N) is 1. The molecule has 1 saturated carbocycles. The van der Waals surface area contributed by atoms with Gasteiger partial charge in [0.15, 0.2) is 0 Å². The van der Waals surface area contributed by atoms with E-state index in [9.17, 15) is 4.79 Å². The smallest absolute Gasteiger partial charge is 0.225 e. The van der Waals surface area contributed by atoms with Gasteiger partial charge < -0.3 is 14.8 Å². The third-order valence-electron chi connectivity index (χ3n) is 4.84. The highest BCUT2D eigenvalue weighted by Gasteiger charge is 2.34. The van der Waals surface area contributed by atoms with Crippen molar-refractivity contribution in [3.8, 4) is 0 Å². The van der Waals surface area contributed by atoms with E-state index in [1.54, 1.807) is 0 Å². The van der Waals surface area contributed by atoms with Crippen molar-refractivity contribution in [3.63, 3.8) is 0 Å². The van der Waals surface area contributed by atoms with E-state index in [0.29, 0.717) is 23.9 Å². The van der Waals surface area contributed by atoms with E-state index >= 15 is 0 Å². The number of rotatable bonds is 6. The van der Waals surface area contributed by atoms with E-state index in [2.05, 4.69) is 39.8 Å². The van der Waals surface area contributed by atoms with Crippen molar-refractivity contribution < 1.29 is 4.79 Å². The van der Waals surface area contributed by atoms with E-state index < -0.39 is 0 Å². The van der Waals surface area contributed by atoms with Crippen LogP contribution in [-0.4, -0.2) is 45.5 Å². The Morgan fingerprint density at radius 2 is 2.09 bits per heavy atom. The number of aryl methyl sites for hydroxylation is 1. The number of hydrogen-bond donors (Lipinski definition) is 1. The molecule has 22 heavy (non-hydrogen) atoms. The molecule has 1 N–H and O–H groups in total. The van der Waals surface area contributed by atoms with Crippen molar-refractivity contribution in [1.29, 1.82) is 0 Å². The van der Waals surface area contributed by atoms with Crippen LogP contribution in [0.15, 0.2) is 12.4 Å². The Morgan fingerprint density at radius 3 is 2.73 bits per heavy atom. The number of likely N-dealkylation sites (tertiary alicyclic amines) is 1. The molecule has 2 fully saturated rings. The molecule has 1 aromatic heterocycles. The van der Waals surface area contributed by atoms with Gasteiger partial charge in [-0.05, 0) is 32.6 Å². The molecule has 1 aliphatic heterocycles. The highest BCUT2D eigenvalue weighted by molar-refractivity contribution is 5.81. The van der Waals surface area contributed by atoms with Crippen molar-refractivity contribution in [3.05, 3.63) is 18.2 Å². The van der Waals surface area contributed by atoms with Gasteiger partial charge in [-0.15, -0.1) is 0 Å². The molecule has 0 aromatic carbocycles. The average molecular weight is 304 g/mol. The number of hydrogen-bond acceptors (Lipinski definition) is 3. The predicted octanol–water partition coefficient (Wildman–Crippen LogP) is 1.82. The molecule has 0 bridgehead atoms. The lowest BCUT2D eigenvalue weighted by atomic mass is 10.0. The maximum absolute atomic E-state index is 12.1. The fourth-order valence-electron chi connectivity index (χ4n) is 3.43. The minimum Gasteiger partial charge on any atom is -0.342 e. The third kappa shape index (κ3) is 3.69. The van der Waals surface area contributed by atoms with Gasteiger partial charge in [-0.1, -0.05) is 6.92 Å². The molecular formula is C17H28N4O. The normalized spacial score (nSPS) is 21.1. The van der Waals surface area contributed by atoms with Gasteiger partial charge in [0.2, 0.25) is 5.91 Å². The molecule has 0 spiro atoms. The highest BCUT2D eigenvalue weighted by Crippen LogP contribution is 2.31. The Hall–Kier alpha value is -1.36. The number of carbonyl (C=O) groups is 1. The molecule has 5 nitrogen and oxygen atoms in total. The van der Waals surface area contributed by atoms with Crippen LogP contribution >= 0.6 is 0 Å². The lowest BCUT2D eigenvalue weighted by Gasteiger charge is -2.34. The minimum absolute atomic E-state index is 0.358. The van der Waals surface area contributed by atoms with Gasteiger partial charge in [0.1, 0.15) is 5.82 Å². The Morgan fingerprint density at radius 1 is 1.36 bits per heavy atom. The largest absolute Gasteiger partial charge is 0.342 e. The summed E-state index contributed by atoms with van der Waals surface area (Å²) in [5.74, 6) is 1.91. The molecule has 1 saturated heterocycles. The maximum Gasteiger partial charge on any atom is 0.225 e. The maximum atomic E-state index is 12.1. The van der Waals surface area contributed by atoms with Crippen LogP contribution in [0, 0.1) is 5.92 Å². The predicted molar refractivity (Wildman–Crippen MR) is 86.5 cm³/mol. The summed E-state index contributed by atoms with van der Waals surface area (Å²) in [7, 11) is 0. The fraction of sp³-hybridized carbons (Fsp3) is 0.765. The van der Waals surface area contributed by atoms with Crippen LogP contribution in [0.1, 0.15) is 45.4 Å². The van der Waals surface area contributed by atoms with Gasteiger partial charge in [0, 0.05) is 56.5 Å². The zero-order valence-electron chi connectivity index (χ0n) is 13.8. The van der Waals surface area contributed by atoms with E-state index in [1.165, 1.54) is 0 Å². The lowest BCUT2D eigenvalue weighted by molar-refractivity contribution is -0.133. The van der Waals surface area contributed by atoms with Crippen LogP contribution in [0.5, 0.6) is 0 Å². The second-order valence-corrected chi connectivity index (χ2v) is 6.79. The first kappa shape index (κ1) is 15.5. The molecule has 2 heterocycles. The topological polar surface area (TPSA) is 50.2 Å². The number of amides is 1. The molecular weight excluding hydrogens is 276 g/mol. The van der Waals surface area contributed by atoms with E-state index in [-0.39, 0.29) is 0 Å². The number of carbonyl (C=O) groups excluding carboxylic acids is 1. The van der Waals surface area contributed by atoms with Crippen molar-refractivity contribution >= 4 is 5.91 Å². The van der Waals surface area contributed by atoms with Crippen molar-refractivity contribution in [1.82, 2.24) is 19.8 Å². The summed E-state index contributed by atoms with van der Waals surface area (Å²) < 4.78 is 2.24. The Balaban J connectivity index is 1.43. The van der Waals surface area contributed by atoms with Gasteiger partial charge in [-0.2, -0.15) is 0 Å². The number of piperidine rings is 1. The highest BCUT2D eigenvalue weighted by atomic mass is 16.2. The summed E-state index contributed by atoms with van der Waals surface area (Å²) in [6.07, 6.45) is 9.29. The third-order valence-corrected chi connectivity index (χ3v) is 4.84. The zero-order chi connectivity index (χ0) is 15.5. The first-order valence-corrected chi connectivity index (χ1v) is 8.72. The van der Waals surface area contributed by atoms with Gasteiger partial charge in [-0.25, -0.2) is 4.98 Å². The van der Waals surface area contributed by atoms with Crippen LogP contribution in [0.25, 0.3) is 0 Å².